The van der Waals surface area contributed by atoms with Gasteiger partial charge >= 0.3 is 5.97 Å². The Morgan fingerprint density at radius 2 is 1.90 bits per heavy atom. The molecule has 0 bridgehead atoms. The number of carboxylic acids is 1. The number of nitrogens with one attached hydrogen (secondary N) is 1. The average Bonchev–Trinajstić information content (AvgIpc) is 2.80. The number of thiophene rings is 1. The van der Waals surface area contributed by atoms with Gasteiger partial charge in [0.15, 0.2) is 0 Å². The maximum atomic E-state index is 12.3. The van der Waals surface area contributed by atoms with Crippen molar-refractivity contribution in [2.45, 2.75) is 38.5 Å². The van der Waals surface area contributed by atoms with Crippen LogP contribution in [-0.4, -0.2) is 17.0 Å². The summed E-state index contributed by atoms with van der Waals surface area (Å²) >= 11 is 1.46. The molecule has 3 aliphatic rings. The molecule has 2 unspecified atom stereocenters. The van der Waals surface area contributed by atoms with Crippen LogP contribution in [0.5, 0.6) is 0 Å². The van der Waals surface area contributed by atoms with Gasteiger partial charge in [0.05, 0.1) is 5.56 Å². The van der Waals surface area contributed by atoms with Crippen molar-refractivity contribution >= 4 is 28.2 Å². The van der Waals surface area contributed by atoms with Crippen molar-refractivity contribution in [2.24, 2.45) is 17.8 Å². The van der Waals surface area contributed by atoms with Crippen molar-refractivity contribution in [3.63, 3.8) is 0 Å². The summed E-state index contributed by atoms with van der Waals surface area (Å²) in [6, 6.07) is 0. The number of anilines is 1. The maximum Gasteiger partial charge on any atom is 0.339 e. The second-order valence-electron chi connectivity index (χ2n) is 6.28. The number of hydrogen-bond acceptors (Lipinski definition) is 3. The van der Waals surface area contributed by atoms with Gasteiger partial charge in [-0.3, -0.25) is 4.79 Å². The first-order valence-electron chi connectivity index (χ1n) is 7.32. The number of carbonyl (C=O) groups excluding carboxylic acids is 1. The Bertz CT molecular complexity index is 597. The van der Waals surface area contributed by atoms with Crippen molar-refractivity contribution < 1.29 is 14.7 Å². The quantitative estimate of drug-likeness (QED) is 0.900. The highest BCUT2D eigenvalue weighted by Gasteiger charge is 2.48. The molecule has 20 heavy (non-hydrogen) atoms. The van der Waals surface area contributed by atoms with Gasteiger partial charge < -0.3 is 10.4 Å². The van der Waals surface area contributed by atoms with Gasteiger partial charge in [-0.05, 0) is 55.9 Å². The van der Waals surface area contributed by atoms with E-state index in [0.29, 0.717) is 10.6 Å². The van der Waals surface area contributed by atoms with Crippen LogP contribution in [0.15, 0.2) is 0 Å². The molecule has 5 heteroatoms. The normalized spacial score (nSPS) is 29.9. The highest BCUT2D eigenvalue weighted by Crippen LogP contribution is 2.54. The van der Waals surface area contributed by atoms with Gasteiger partial charge in [0.1, 0.15) is 5.00 Å². The maximum absolute atomic E-state index is 12.3. The molecule has 0 aromatic carbocycles. The standard InChI is InChI=1S/C15H17NO3S/c17-13(9-5-7-4-8(7)6-9)16-14-12(15(18)19)10-2-1-3-11(10)20-14/h7-9H,1-6H2,(H,16,17)(H,18,19). The van der Waals surface area contributed by atoms with E-state index in [1.165, 1.54) is 17.8 Å². The number of fused-ring (bicyclic) bond motifs is 2. The molecule has 0 spiro atoms. The van der Waals surface area contributed by atoms with Crippen LogP contribution in [0.3, 0.4) is 0 Å². The van der Waals surface area contributed by atoms with Gasteiger partial charge in [0.25, 0.3) is 0 Å². The van der Waals surface area contributed by atoms with E-state index in [9.17, 15) is 14.7 Å². The number of aromatic carboxylic acids is 1. The Labute approximate surface area is 121 Å². The largest absolute Gasteiger partial charge is 0.478 e. The van der Waals surface area contributed by atoms with E-state index in [0.717, 1.165) is 54.4 Å². The molecular formula is C15H17NO3S. The molecule has 0 radical (unpaired) electrons. The SMILES string of the molecule is O=C(O)c1c(NC(=O)C2CC3CC3C2)sc2c1CCC2. The van der Waals surface area contributed by atoms with Crippen LogP contribution < -0.4 is 5.32 Å². The highest BCUT2D eigenvalue weighted by atomic mass is 32.1. The fraction of sp³-hybridized carbons (Fsp3) is 0.600. The van der Waals surface area contributed by atoms with Crippen LogP contribution in [-0.2, 0) is 17.6 Å². The van der Waals surface area contributed by atoms with Crippen LogP contribution in [0.25, 0.3) is 0 Å². The fourth-order valence-corrected chi connectivity index (χ4v) is 5.15. The fourth-order valence-electron chi connectivity index (χ4n) is 3.86. The summed E-state index contributed by atoms with van der Waals surface area (Å²) in [4.78, 5) is 24.9. The topological polar surface area (TPSA) is 66.4 Å². The lowest BCUT2D eigenvalue weighted by Gasteiger charge is -2.12. The lowest BCUT2D eigenvalue weighted by atomic mass is 10.0. The molecule has 0 aliphatic heterocycles. The molecule has 1 aromatic heterocycles. The Kier molecular flexibility index (Phi) is 2.67. The molecule has 2 saturated carbocycles. The third kappa shape index (κ3) is 1.87. The molecule has 106 valence electrons. The van der Waals surface area contributed by atoms with E-state index in [1.807, 2.05) is 0 Å². The molecule has 3 aliphatic carbocycles. The number of hydrogen-bond donors (Lipinski definition) is 2. The molecule has 2 N–H and O–H groups in total. The second kappa shape index (κ2) is 4.32. The summed E-state index contributed by atoms with van der Waals surface area (Å²) in [6.45, 7) is 0. The third-order valence-electron chi connectivity index (χ3n) is 4.99. The van der Waals surface area contributed by atoms with Gasteiger partial charge in [0.2, 0.25) is 5.91 Å². The second-order valence-corrected chi connectivity index (χ2v) is 7.39. The van der Waals surface area contributed by atoms with Crippen LogP contribution >= 0.6 is 11.3 Å². The van der Waals surface area contributed by atoms with Gasteiger partial charge in [0, 0.05) is 10.8 Å². The first-order valence-corrected chi connectivity index (χ1v) is 8.14. The molecule has 2 atom stereocenters. The van der Waals surface area contributed by atoms with Crippen LogP contribution in [0.1, 0.15) is 46.5 Å². The molecule has 2 fully saturated rings. The lowest BCUT2D eigenvalue weighted by molar-refractivity contribution is -0.119. The minimum absolute atomic E-state index is 0.0274. The summed E-state index contributed by atoms with van der Waals surface area (Å²) < 4.78 is 0. The van der Waals surface area contributed by atoms with Crippen LogP contribution in [0.2, 0.25) is 0 Å². The molecule has 1 heterocycles. The summed E-state index contributed by atoms with van der Waals surface area (Å²) in [6.07, 6.45) is 6.08. The van der Waals surface area contributed by atoms with E-state index < -0.39 is 5.97 Å². The van der Waals surface area contributed by atoms with E-state index >= 15 is 0 Å². The molecule has 4 nitrogen and oxygen atoms in total. The number of amides is 1. The molecule has 1 amide bonds. The molecule has 4 rings (SSSR count). The minimum Gasteiger partial charge on any atom is -0.478 e. The van der Waals surface area contributed by atoms with E-state index in [4.69, 9.17) is 0 Å². The summed E-state index contributed by atoms with van der Waals surface area (Å²) in [5, 5.41) is 12.9. The van der Waals surface area contributed by atoms with Crippen LogP contribution in [0, 0.1) is 17.8 Å². The summed E-state index contributed by atoms with van der Waals surface area (Å²) in [7, 11) is 0. The minimum atomic E-state index is -0.908. The summed E-state index contributed by atoms with van der Waals surface area (Å²) in [5.41, 5.74) is 1.30. The van der Waals surface area contributed by atoms with E-state index in [2.05, 4.69) is 5.32 Å². The number of rotatable bonds is 3. The Morgan fingerprint density at radius 3 is 2.60 bits per heavy atom. The average molecular weight is 291 g/mol. The Balaban J connectivity index is 1.56. The number of carboxylic acid groups (broad SMARTS) is 1. The van der Waals surface area contributed by atoms with Gasteiger partial charge in [-0.25, -0.2) is 4.79 Å². The summed E-state index contributed by atoms with van der Waals surface area (Å²) in [5.74, 6) is 0.738. The van der Waals surface area contributed by atoms with Gasteiger partial charge in [-0.15, -0.1) is 11.3 Å². The smallest absolute Gasteiger partial charge is 0.339 e. The zero-order valence-electron chi connectivity index (χ0n) is 11.1. The van der Waals surface area contributed by atoms with Crippen molar-refractivity contribution in [1.29, 1.82) is 0 Å². The van der Waals surface area contributed by atoms with Gasteiger partial charge in [-0.1, -0.05) is 0 Å². The zero-order valence-corrected chi connectivity index (χ0v) is 12.0. The Morgan fingerprint density at radius 1 is 1.15 bits per heavy atom. The van der Waals surface area contributed by atoms with Crippen LogP contribution in [0.4, 0.5) is 5.00 Å². The van der Waals surface area contributed by atoms with Crippen molar-refractivity contribution in [3.8, 4) is 0 Å². The molecule has 0 saturated heterocycles. The zero-order chi connectivity index (χ0) is 13.9. The molecule has 1 aromatic rings. The first-order chi connectivity index (χ1) is 9.63. The van der Waals surface area contributed by atoms with Crippen molar-refractivity contribution in [2.75, 3.05) is 5.32 Å². The highest BCUT2D eigenvalue weighted by molar-refractivity contribution is 7.17. The Hall–Kier alpha value is -1.36. The van der Waals surface area contributed by atoms with Gasteiger partial charge in [-0.2, -0.15) is 0 Å². The lowest BCUT2D eigenvalue weighted by Crippen LogP contribution is -2.22. The number of aryl methyl sites for hydroxylation is 1. The predicted octanol–water partition coefficient (Wildman–Crippen LogP) is 2.92. The first kappa shape index (κ1) is 12.4. The van der Waals surface area contributed by atoms with Crippen molar-refractivity contribution in [1.82, 2.24) is 0 Å². The molecular weight excluding hydrogens is 274 g/mol. The monoisotopic (exact) mass is 291 g/mol. The third-order valence-corrected chi connectivity index (χ3v) is 6.19. The van der Waals surface area contributed by atoms with E-state index in [1.54, 1.807) is 0 Å². The predicted molar refractivity (Wildman–Crippen MR) is 76.3 cm³/mol. The van der Waals surface area contributed by atoms with Crippen molar-refractivity contribution in [3.05, 3.63) is 16.0 Å². The number of carbonyl (C=O) groups is 2. The van der Waals surface area contributed by atoms with E-state index in [-0.39, 0.29) is 11.8 Å².